The first-order chi connectivity index (χ1) is 11.7. The van der Waals surface area contributed by atoms with E-state index < -0.39 is 5.97 Å². The minimum atomic E-state index is -0.699. The van der Waals surface area contributed by atoms with Gasteiger partial charge in [-0.15, -0.1) is 0 Å². The first kappa shape index (κ1) is 20.5. The first-order valence-corrected chi connectivity index (χ1v) is 8.61. The fraction of sp³-hybridized carbons (Fsp3) is 0.632. The molecule has 0 unspecified atom stereocenters. The van der Waals surface area contributed by atoms with Gasteiger partial charge in [0.05, 0.1) is 13.7 Å². The molecule has 0 aliphatic rings. The summed E-state index contributed by atoms with van der Waals surface area (Å²) in [7, 11) is 3.30. The van der Waals surface area contributed by atoms with Crippen molar-refractivity contribution in [1.82, 2.24) is 0 Å². The van der Waals surface area contributed by atoms with Gasteiger partial charge in [-0.3, -0.25) is 4.79 Å². The zero-order valence-electron chi connectivity index (χ0n) is 14.9. The maximum absolute atomic E-state index is 10.4. The Hall–Kier alpha value is -1.59. The number of aliphatic carboxylic acids is 1. The van der Waals surface area contributed by atoms with Gasteiger partial charge < -0.3 is 19.3 Å². The molecule has 1 rings (SSSR count). The highest BCUT2D eigenvalue weighted by Gasteiger charge is 2.05. The number of aryl methyl sites for hydroxylation is 1. The number of hydrogen-bond acceptors (Lipinski definition) is 4. The second kappa shape index (κ2) is 12.8. The summed E-state index contributed by atoms with van der Waals surface area (Å²) >= 11 is 0. The summed E-state index contributed by atoms with van der Waals surface area (Å²) in [6, 6.07) is 6.33. The van der Waals surface area contributed by atoms with Gasteiger partial charge in [0.1, 0.15) is 12.5 Å². The highest BCUT2D eigenvalue weighted by Crippen LogP contribution is 2.22. The van der Waals surface area contributed by atoms with Crippen molar-refractivity contribution >= 4 is 5.97 Å². The minimum absolute atomic E-state index is 0.285. The van der Waals surface area contributed by atoms with Crippen LogP contribution in [0.15, 0.2) is 18.2 Å². The number of rotatable bonds is 14. The monoisotopic (exact) mass is 338 g/mol. The summed E-state index contributed by atoms with van der Waals surface area (Å²) in [5, 5.41) is 8.60. The van der Waals surface area contributed by atoms with E-state index in [-0.39, 0.29) is 6.42 Å². The molecule has 0 aromatic heterocycles. The van der Waals surface area contributed by atoms with Crippen LogP contribution in [-0.4, -0.2) is 38.7 Å². The van der Waals surface area contributed by atoms with Crippen molar-refractivity contribution in [2.45, 2.75) is 51.4 Å². The molecular formula is C19H30O5. The quantitative estimate of drug-likeness (QED) is 0.412. The fourth-order valence-electron chi connectivity index (χ4n) is 2.64. The van der Waals surface area contributed by atoms with E-state index in [0.717, 1.165) is 56.3 Å². The maximum Gasteiger partial charge on any atom is 0.303 e. The molecule has 0 amide bonds. The average Bonchev–Trinajstić information content (AvgIpc) is 2.58. The first-order valence-electron chi connectivity index (χ1n) is 8.61. The number of carboxylic acid groups (broad SMARTS) is 1. The van der Waals surface area contributed by atoms with Gasteiger partial charge in [-0.2, -0.15) is 0 Å². The predicted molar refractivity (Wildman–Crippen MR) is 93.6 cm³/mol. The Balaban J connectivity index is 2.32. The standard InChI is InChI=1S/C19H30O5/c1-22-15-24-13-12-17-14-16(10-11-18(17)23-2)8-6-4-3-5-7-9-19(20)21/h10-11,14H,3-9,12-13,15H2,1-2H3,(H,20,21). The third kappa shape index (κ3) is 8.89. The number of hydrogen-bond donors (Lipinski definition) is 1. The van der Waals surface area contributed by atoms with Crippen molar-refractivity contribution in [3.8, 4) is 5.75 Å². The van der Waals surface area contributed by atoms with E-state index in [1.807, 2.05) is 6.07 Å². The van der Waals surface area contributed by atoms with Gasteiger partial charge in [0.25, 0.3) is 0 Å². The summed E-state index contributed by atoms with van der Waals surface area (Å²) in [5.74, 6) is 0.198. The van der Waals surface area contributed by atoms with Crippen LogP contribution in [0.2, 0.25) is 0 Å². The molecule has 0 aliphatic carbocycles. The van der Waals surface area contributed by atoms with Crippen LogP contribution in [0, 0.1) is 0 Å². The van der Waals surface area contributed by atoms with Crippen molar-refractivity contribution in [3.63, 3.8) is 0 Å². The largest absolute Gasteiger partial charge is 0.496 e. The Morgan fingerprint density at radius 2 is 1.79 bits per heavy atom. The highest BCUT2D eigenvalue weighted by atomic mass is 16.7. The van der Waals surface area contributed by atoms with Crippen LogP contribution in [0.5, 0.6) is 5.75 Å². The molecule has 0 aliphatic heterocycles. The van der Waals surface area contributed by atoms with Crippen LogP contribution in [0.4, 0.5) is 0 Å². The summed E-state index contributed by atoms with van der Waals surface area (Å²) in [6.07, 6.45) is 7.26. The van der Waals surface area contributed by atoms with Crippen molar-refractivity contribution < 1.29 is 24.1 Å². The van der Waals surface area contributed by atoms with E-state index in [2.05, 4.69) is 12.1 Å². The van der Waals surface area contributed by atoms with Crippen molar-refractivity contribution in [2.24, 2.45) is 0 Å². The number of benzene rings is 1. The Morgan fingerprint density at radius 1 is 1.04 bits per heavy atom. The van der Waals surface area contributed by atoms with E-state index in [1.54, 1.807) is 14.2 Å². The van der Waals surface area contributed by atoms with E-state index in [0.29, 0.717) is 13.4 Å². The number of methoxy groups -OCH3 is 2. The molecule has 0 saturated carbocycles. The van der Waals surface area contributed by atoms with E-state index >= 15 is 0 Å². The molecule has 0 fully saturated rings. The van der Waals surface area contributed by atoms with Gasteiger partial charge in [-0.1, -0.05) is 31.4 Å². The molecule has 0 atom stereocenters. The van der Waals surface area contributed by atoms with Crippen molar-refractivity contribution in [1.29, 1.82) is 0 Å². The van der Waals surface area contributed by atoms with E-state index in [4.69, 9.17) is 19.3 Å². The van der Waals surface area contributed by atoms with Gasteiger partial charge >= 0.3 is 5.97 Å². The lowest BCUT2D eigenvalue weighted by Gasteiger charge is -2.11. The van der Waals surface area contributed by atoms with E-state index in [1.165, 1.54) is 5.56 Å². The maximum atomic E-state index is 10.4. The van der Waals surface area contributed by atoms with Crippen LogP contribution in [0.25, 0.3) is 0 Å². The van der Waals surface area contributed by atoms with E-state index in [9.17, 15) is 4.79 Å². The minimum Gasteiger partial charge on any atom is -0.496 e. The summed E-state index contributed by atoms with van der Waals surface area (Å²) in [6.45, 7) is 0.918. The van der Waals surface area contributed by atoms with Crippen molar-refractivity contribution in [2.75, 3.05) is 27.6 Å². The molecule has 1 N–H and O–H groups in total. The number of carbonyl (C=O) groups is 1. The van der Waals surface area contributed by atoms with Crippen molar-refractivity contribution in [3.05, 3.63) is 29.3 Å². The Labute approximate surface area is 144 Å². The Morgan fingerprint density at radius 3 is 2.50 bits per heavy atom. The lowest BCUT2D eigenvalue weighted by atomic mass is 10.0. The molecule has 0 bridgehead atoms. The number of carboxylic acids is 1. The zero-order valence-corrected chi connectivity index (χ0v) is 14.9. The molecule has 0 saturated heterocycles. The van der Waals surface area contributed by atoms with Crippen LogP contribution < -0.4 is 4.74 Å². The molecule has 0 spiro atoms. The van der Waals surface area contributed by atoms with Gasteiger partial charge in [0.15, 0.2) is 0 Å². The predicted octanol–water partition coefficient (Wildman–Crippen LogP) is 3.83. The third-order valence-corrected chi connectivity index (χ3v) is 3.92. The topological polar surface area (TPSA) is 65.0 Å². The second-order valence-corrected chi connectivity index (χ2v) is 5.87. The molecule has 5 heteroatoms. The average molecular weight is 338 g/mol. The smallest absolute Gasteiger partial charge is 0.303 e. The van der Waals surface area contributed by atoms with Gasteiger partial charge in [0, 0.05) is 13.5 Å². The zero-order chi connectivity index (χ0) is 17.6. The Kier molecular flexibility index (Phi) is 10.9. The molecule has 1 aromatic carbocycles. The highest BCUT2D eigenvalue weighted by molar-refractivity contribution is 5.66. The van der Waals surface area contributed by atoms with Gasteiger partial charge in [-0.25, -0.2) is 0 Å². The molecule has 0 heterocycles. The molecular weight excluding hydrogens is 308 g/mol. The fourth-order valence-corrected chi connectivity index (χ4v) is 2.64. The molecule has 24 heavy (non-hydrogen) atoms. The summed E-state index contributed by atoms with van der Waals surface area (Å²) in [4.78, 5) is 10.4. The normalized spacial score (nSPS) is 10.8. The van der Waals surface area contributed by atoms with Crippen LogP contribution in [-0.2, 0) is 27.1 Å². The third-order valence-electron chi connectivity index (χ3n) is 3.92. The number of ether oxygens (including phenoxy) is 3. The van der Waals surface area contributed by atoms with Gasteiger partial charge in [0.2, 0.25) is 0 Å². The summed E-state index contributed by atoms with van der Waals surface area (Å²) < 4.78 is 15.7. The molecule has 136 valence electrons. The SMILES string of the molecule is COCOCCc1cc(CCCCCCCC(=O)O)ccc1OC. The van der Waals surface area contributed by atoms with Gasteiger partial charge in [-0.05, 0) is 42.9 Å². The summed E-state index contributed by atoms with van der Waals surface area (Å²) in [5.41, 5.74) is 2.47. The number of unbranched alkanes of at least 4 members (excludes halogenated alkanes) is 4. The molecule has 0 radical (unpaired) electrons. The second-order valence-electron chi connectivity index (χ2n) is 5.87. The van der Waals surface area contributed by atoms with Crippen LogP contribution in [0.3, 0.4) is 0 Å². The molecule has 1 aromatic rings. The lowest BCUT2D eigenvalue weighted by molar-refractivity contribution is -0.137. The van der Waals surface area contributed by atoms with Crippen LogP contribution >= 0.6 is 0 Å². The molecule has 5 nitrogen and oxygen atoms in total. The lowest BCUT2D eigenvalue weighted by Crippen LogP contribution is -2.03. The van der Waals surface area contributed by atoms with Crippen LogP contribution in [0.1, 0.15) is 49.7 Å². The Bertz CT molecular complexity index is 473.